The third-order valence-electron chi connectivity index (χ3n) is 4.87. The minimum absolute atomic E-state index is 0.0995. The predicted octanol–water partition coefficient (Wildman–Crippen LogP) is 3.98. The van der Waals surface area contributed by atoms with Gasteiger partial charge in [0, 0.05) is 5.56 Å². The summed E-state index contributed by atoms with van der Waals surface area (Å²) in [7, 11) is 0. The maximum atomic E-state index is 12.7. The largest absolute Gasteiger partial charge is 0.489 e. The van der Waals surface area contributed by atoms with E-state index in [4.69, 9.17) is 18.9 Å². The number of thiazole rings is 1. The Bertz CT molecular complexity index is 1160. The molecule has 1 aliphatic heterocycles. The zero-order chi connectivity index (χ0) is 21.3. The highest BCUT2D eigenvalue weighted by Gasteiger charge is 2.36. The summed E-state index contributed by atoms with van der Waals surface area (Å²) < 4.78 is 25.6. The monoisotopic (exact) mass is 429 g/mol. The molecule has 0 aliphatic carbocycles. The van der Waals surface area contributed by atoms with E-state index in [0.717, 1.165) is 10.2 Å². The second kappa shape index (κ2) is 8.39. The van der Waals surface area contributed by atoms with Crippen LogP contribution < -0.4 is 19.1 Å². The summed E-state index contributed by atoms with van der Waals surface area (Å²) in [6, 6.07) is 7.58. The fourth-order valence-electron chi connectivity index (χ4n) is 3.72. The Morgan fingerprint density at radius 1 is 0.967 bits per heavy atom. The number of hydrogen-bond acceptors (Lipinski definition) is 7. The number of hydrogen-bond donors (Lipinski definition) is 0. The molecule has 0 bridgehead atoms. The Morgan fingerprint density at radius 2 is 1.63 bits per heavy atom. The van der Waals surface area contributed by atoms with E-state index in [1.165, 1.54) is 11.3 Å². The highest BCUT2D eigenvalue weighted by Crippen LogP contribution is 2.48. The smallest absolute Gasteiger partial charge is 0.339 e. The number of carbonyl (C=O) groups excluding carboxylic acids is 1. The van der Waals surface area contributed by atoms with E-state index >= 15 is 0 Å². The van der Waals surface area contributed by atoms with Crippen LogP contribution in [0.25, 0.3) is 10.2 Å². The van der Waals surface area contributed by atoms with Crippen molar-refractivity contribution in [2.24, 2.45) is 0 Å². The number of esters is 1. The van der Waals surface area contributed by atoms with Crippen molar-refractivity contribution in [3.8, 4) is 17.2 Å². The molecule has 0 saturated heterocycles. The Hall–Kier alpha value is -3.00. The van der Waals surface area contributed by atoms with Gasteiger partial charge in [-0.2, -0.15) is 0 Å². The van der Waals surface area contributed by atoms with Crippen LogP contribution in [0, 0.1) is 0 Å². The topological polar surface area (TPSA) is 76.0 Å². The minimum atomic E-state index is -0.447. The Kier molecular flexibility index (Phi) is 5.67. The van der Waals surface area contributed by atoms with Crippen LogP contribution in [0.4, 0.5) is 0 Å². The van der Waals surface area contributed by atoms with Gasteiger partial charge in [-0.25, -0.2) is 4.79 Å². The van der Waals surface area contributed by atoms with Crippen LogP contribution in [-0.4, -0.2) is 30.4 Å². The van der Waals surface area contributed by atoms with Crippen LogP contribution in [0.3, 0.4) is 0 Å². The number of para-hydroxylation sites is 1. The lowest BCUT2D eigenvalue weighted by molar-refractivity contribution is 0.0533. The van der Waals surface area contributed by atoms with Crippen LogP contribution >= 0.6 is 11.3 Å². The standard InChI is InChI=1S/C22H23NO6S/c1-4-26-18-13(11-23-15-9-7-8-10-16(15)30-22(23)25)17-14(12-29-21(17)24)19(27-5-2)20(18)28-6-3/h7-10H,4-6,11-12H2,1-3H3. The van der Waals surface area contributed by atoms with Gasteiger partial charge in [0.2, 0.25) is 5.75 Å². The third kappa shape index (κ3) is 3.31. The van der Waals surface area contributed by atoms with Gasteiger partial charge in [-0.1, -0.05) is 23.5 Å². The van der Waals surface area contributed by atoms with Gasteiger partial charge in [0.15, 0.2) is 11.5 Å². The first kappa shape index (κ1) is 20.3. The van der Waals surface area contributed by atoms with E-state index in [2.05, 4.69) is 0 Å². The van der Waals surface area contributed by atoms with Gasteiger partial charge in [-0.15, -0.1) is 0 Å². The average Bonchev–Trinajstić information content (AvgIpc) is 3.27. The SMILES string of the molecule is CCOc1c2c(c(Cn3c(=O)sc4ccccc43)c(OCC)c1OCC)C(=O)OC2. The fraction of sp³-hybridized carbons (Fsp3) is 0.364. The van der Waals surface area contributed by atoms with Crippen molar-refractivity contribution in [3.63, 3.8) is 0 Å². The second-order valence-corrected chi connectivity index (χ2v) is 7.61. The molecule has 0 unspecified atom stereocenters. The van der Waals surface area contributed by atoms with E-state index < -0.39 is 5.97 Å². The van der Waals surface area contributed by atoms with E-state index in [1.54, 1.807) is 4.57 Å². The Morgan fingerprint density at radius 3 is 2.37 bits per heavy atom. The molecule has 158 valence electrons. The molecule has 0 fully saturated rings. The van der Waals surface area contributed by atoms with Gasteiger partial charge >= 0.3 is 10.8 Å². The molecular formula is C22H23NO6S. The summed E-state index contributed by atoms with van der Waals surface area (Å²) in [4.78, 5) is 25.3. The lowest BCUT2D eigenvalue weighted by Crippen LogP contribution is -2.18. The molecule has 0 radical (unpaired) electrons. The number of cyclic esters (lactones) is 1. The molecule has 0 amide bonds. The first-order chi connectivity index (χ1) is 14.6. The van der Waals surface area contributed by atoms with Crippen LogP contribution in [-0.2, 0) is 17.9 Å². The molecule has 0 saturated carbocycles. The third-order valence-corrected chi connectivity index (χ3v) is 5.83. The molecule has 1 aliphatic rings. The van der Waals surface area contributed by atoms with Gasteiger partial charge in [0.1, 0.15) is 6.61 Å². The van der Waals surface area contributed by atoms with Crippen molar-refractivity contribution in [2.45, 2.75) is 33.9 Å². The molecule has 30 heavy (non-hydrogen) atoms. The number of carbonyl (C=O) groups is 1. The molecule has 0 spiro atoms. The summed E-state index contributed by atoms with van der Waals surface area (Å²) in [6.07, 6.45) is 0. The second-order valence-electron chi connectivity index (χ2n) is 6.62. The van der Waals surface area contributed by atoms with Crippen molar-refractivity contribution in [2.75, 3.05) is 19.8 Å². The van der Waals surface area contributed by atoms with Gasteiger partial charge in [0.25, 0.3) is 0 Å². The van der Waals surface area contributed by atoms with E-state index in [9.17, 15) is 9.59 Å². The van der Waals surface area contributed by atoms with Gasteiger partial charge in [-0.3, -0.25) is 9.36 Å². The first-order valence-electron chi connectivity index (χ1n) is 9.96. The normalized spacial score (nSPS) is 12.7. The van der Waals surface area contributed by atoms with E-state index in [1.807, 2.05) is 45.0 Å². The predicted molar refractivity (Wildman–Crippen MR) is 114 cm³/mol. The summed E-state index contributed by atoms with van der Waals surface area (Å²) in [6.45, 7) is 7.03. The highest BCUT2D eigenvalue weighted by molar-refractivity contribution is 7.16. The molecule has 1 aromatic heterocycles. The van der Waals surface area contributed by atoms with E-state index in [-0.39, 0.29) is 18.0 Å². The van der Waals surface area contributed by atoms with Crippen molar-refractivity contribution >= 4 is 27.5 Å². The van der Waals surface area contributed by atoms with Crippen LogP contribution in [0.15, 0.2) is 29.1 Å². The average molecular weight is 429 g/mol. The molecule has 0 atom stereocenters. The van der Waals surface area contributed by atoms with Crippen molar-refractivity contribution < 1.29 is 23.7 Å². The summed E-state index contributed by atoms with van der Waals surface area (Å²) in [5, 5.41) is 0. The maximum absolute atomic E-state index is 12.7. The molecule has 3 aromatic rings. The quantitative estimate of drug-likeness (QED) is 0.504. The number of aromatic nitrogens is 1. The zero-order valence-electron chi connectivity index (χ0n) is 17.1. The summed E-state index contributed by atoms with van der Waals surface area (Å²) in [5.74, 6) is 0.885. The summed E-state index contributed by atoms with van der Waals surface area (Å²) >= 11 is 1.17. The summed E-state index contributed by atoms with van der Waals surface area (Å²) in [5.41, 5.74) is 2.41. The first-order valence-corrected chi connectivity index (χ1v) is 10.8. The maximum Gasteiger partial charge on any atom is 0.339 e. The molecule has 2 heterocycles. The van der Waals surface area contributed by atoms with Crippen molar-refractivity contribution in [1.29, 1.82) is 0 Å². The van der Waals surface area contributed by atoms with Crippen LogP contribution in [0.5, 0.6) is 17.2 Å². The Labute approximate surface area is 177 Å². The lowest BCUT2D eigenvalue weighted by Gasteiger charge is -2.21. The highest BCUT2D eigenvalue weighted by atomic mass is 32.1. The van der Waals surface area contributed by atoms with Crippen LogP contribution in [0.1, 0.15) is 42.3 Å². The zero-order valence-corrected chi connectivity index (χ0v) is 18.0. The number of ether oxygens (including phenoxy) is 4. The molecule has 0 N–H and O–H groups in total. The number of nitrogens with zero attached hydrogens (tertiary/aromatic N) is 1. The molecule has 4 rings (SSSR count). The fourth-order valence-corrected chi connectivity index (χ4v) is 4.61. The van der Waals surface area contributed by atoms with Gasteiger partial charge < -0.3 is 18.9 Å². The number of fused-ring (bicyclic) bond motifs is 2. The van der Waals surface area contributed by atoms with Gasteiger partial charge in [-0.05, 0) is 32.9 Å². The number of benzene rings is 2. The van der Waals surface area contributed by atoms with E-state index in [0.29, 0.717) is 53.8 Å². The minimum Gasteiger partial charge on any atom is -0.489 e. The van der Waals surface area contributed by atoms with Crippen LogP contribution in [0.2, 0.25) is 0 Å². The molecule has 7 nitrogen and oxygen atoms in total. The Balaban J connectivity index is 1.99. The molecule has 2 aromatic carbocycles. The lowest BCUT2D eigenvalue weighted by atomic mass is 9.99. The van der Waals surface area contributed by atoms with Crippen molar-refractivity contribution in [1.82, 2.24) is 4.57 Å². The van der Waals surface area contributed by atoms with Gasteiger partial charge in [0.05, 0.1) is 47.7 Å². The number of rotatable bonds is 8. The molecular weight excluding hydrogens is 406 g/mol. The molecule has 8 heteroatoms. The van der Waals surface area contributed by atoms with Crippen molar-refractivity contribution in [3.05, 3.63) is 50.6 Å².